The Bertz CT molecular complexity index is 955. The Morgan fingerprint density at radius 1 is 1.27 bits per heavy atom. The van der Waals surface area contributed by atoms with Crippen molar-refractivity contribution in [3.8, 4) is 11.4 Å². The summed E-state index contributed by atoms with van der Waals surface area (Å²) in [6.45, 7) is 1.64. The number of halogens is 1. The third-order valence-corrected chi connectivity index (χ3v) is 3.58. The van der Waals surface area contributed by atoms with Crippen molar-refractivity contribution >= 4 is 11.6 Å². The van der Waals surface area contributed by atoms with Crippen LogP contribution < -0.4 is 5.32 Å². The number of hydrogen-bond donors (Lipinski definition) is 1. The zero-order valence-electron chi connectivity index (χ0n) is 13.5. The van der Waals surface area contributed by atoms with Crippen LogP contribution in [0.2, 0.25) is 0 Å². The fourth-order valence-corrected chi connectivity index (χ4v) is 2.23. The standard InChI is InChI=1S/C17H13FN4O4/c1-10(19-16(23)12-3-2-4-14(9-12)22(24)25)17-20-15(21-26-17)11-5-7-13(18)8-6-11/h2-10H,1H3,(H,19,23). The molecule has 0 fully saturated rings. The van der Waals surface area contributed by atoms with E-state index in [0.717, 1.165) is 0 Å². The summed E-state index contributed by atoms with van der Waals surface area (Å²) in [6, 6.07) is 10.3. The predicted octanol–water partition coefficient (Wildman–Crippen LogP) is 3.27. The summed E-state index contributed by atoms with van der Waals surface area (Å²) in [5.74, 6) is -0.475. The Morgan fingerprint density at radius 3 is 2.69 bits per heavy atom. The van der Waals surface area contributed by atoms with Crippen LogP contribution in [0, 0.1) is 15.9 Å². The van der Waals surface area contributed by atoms with E-state index in [-0.39, 0.29) is 28.8 Å². The predicted molar refractivity (Wildman–Crippen MR) is 88.7 cm³/mol. The number of nitrogens with zero attached hydrogens (tertiary/aromatic N) is 3. The van der Waals surface area contributed by atoms with Gasteiger partial charge in [0.1, 0.15) is 11.9 Å². The third kappa shape index (κ3) is 3.72. The summed E-state index contributed by atoms with van der Waals surface area (Å²) in [5.41, 5.74) is 0.532. The van der Waals surface area contributed by atoms with E-state index in [0.29, 0.717) is 5.56 Å². The number of hydrogen-bond acceptors (Lipinski definition) is 6. The van der Waals surface area contributed by atoms with Gasteiger partial charge in [-0.1, -0.05) is 11.2 Å². The van der Waals surface area contributed by atoms with Gasteiger partial charge in [-0.25, -0.2) is 4.39 Å². The van der Waals surface area contributed by atoms with Crippen LogP contribution in [0.25, 0.3) is 11.4 Å². The van der Waals surface area contributed by atoms with Crippen molar-refractivity contribution in [1.29, 1.82) is 0 Å². The second kappa shape index (κ2) is 7.09. The molecule has 0 aliphatic heterocycles. The number of benzene rings is 2. The van der Waals surface area contributed by atoms with Crippen LogP contribution in [0.4, 0.5) is 10.1 Å². The molecule has 0 saturated carbocycles. The number of non-ortho nitro benzene ring substituents is 1. The number of nitro benzene ring substituents is 1. The minimum atomic E-state index is -0.622. The van der Waals surface area contributed by atoms with Crippen LogP contribution in [0.3, 0.4) is 0 Å². The molecule has 1 atom stereocenters. The molecule has 1 heterocycles. The van der Waals surface area contributed by atoms with Gasteiger partial charge in [-0.3, -0.25) is 14.9 Å². The Hall–Kier alpha value is -3.62. The molecule has 9 heteroatoms. The smallest absolute Gasteiger partial charge is 0.270 e. The second-order valence-electron chi connectivity index (χ2n) is 5.47. The quantitative estimate of drug-likeness (QED) is 0.555. The van der Waals surface area contributed by atoms with Crippen molar-refractivity contribution in [2.45, 2.75) is 13.0 Å². The van der Waals surface area contributed by atoms with E-state index in [4.69, 9.17) is 4.52 Å². The minimum Gasteiger partial charge on any atom is -0.341 e. The maximum Gasteiger partial charge on any atom is 0.270 e. The minimum absolute atomic E-state index is 0.143. The molecule has 0 radical (unpaired) electrons. The maximum absolute atomic E-state index is 13.0. The Morgan fingerprint density at radius 2 is 2.00 bits per heavy atom. The molecule has 26 heavy (non-hydrogen) atoms. The molecular formula is C17H13FN4O4. The fraction of sp³-hybridized carbons (Fsp3) is 0.118. The SMILES string of the molecule is CC(NC(=O)c1cccc([N+](=O)[O-])c1)c1nc(-c2ccc(F)cc2)no1. The normalized spacial score (nSPS) is 11.8. The summed E-state index contributed by atoms with van der Waals surface area (Å²) in [6.07, 6.45) is 0. The van der Waals surface area contributed by atoms with Gasteiger partial charge in [0.2, 0.25) is 11.7 Å². The van der Waals surface area contributed by atoms with Gasteiger partial charge in [0.05, 0.1) is 4.92 Å². The number of aromatic nitrogens is 2. The second-order valence-corrected chi connectivity index (χ2v) is 5.47. The first-order valence-electron chi connectivity index (χ1n) is 7.59. The van der Waals surface area contributed by atoms with E-state index in [1.807, 2.05) is 0 Å². The molecule has 0 aliphatic carbocycles. The Balaban J connectivity index is 1.73. The van der Waals surface area contributed by atoms with Crippen molar-refractivity contribution in [2.75, 3.05) is 0 Å². The van der Waals surface area contributed by atoms with Gasteiger partial charge < -0.3 is 9.84 Å². The largest absolute Gasteiger partial charge is 0.341 e. The summed E-state index contributed by atoms with van der Waals surface area (Å²) in [4.78, 5) is 26.7. The first-order chi connectivity index (χ1) is 12.4. The lowest BCUT2D eigenvalue weighted by Gasteiger charge is -2.09. The van der Waals surface area contributed by atoms with Crippen molar-refractivity contribution < 1.29 is 18.6 Å². The number of carbonyl (C=O) groups is 1. The van der Waals surface area contributed by atoms with E-state index in [2.05, 4.69) is 15.5 Å². The molecule has 1 N–H and O–H groups in total. The van der Waals surface area contributed by atoms with E-state index in [1.165, 1.54) is 48.5 Å². The van der Waals surface area contributed by atoms with Gasteiger partial charge in [0.15, 0.2) is 0 Å². The summed E-state index contributed by atoms with van der Waals surface area (Å²) >= 11 is 0. The molecule has 3 rings (SSSR count). The molecule has 0 saturated heterocycles. The number of nitro groups is 1. The van der Waals surface area contributed by atoms with Gasteiger partial charge in [-0.05, 0) is 37.3 Å². The Kier molecular flexibility index (Phi) is 4.70. The van der Waals surface area contributed by atoms with Gasteiger partial charge in [-0.15, -0.1) is 0 Å². The molecule has 3 aromatic rings. The molecule has 0 spiro atoms. The van der Waals surface area contributed by atoms with Gasteiger partial charge in [-0.2, -0.15) is 4.98 Å². The maximum atomic E-state index is 13.0. The van der Waals surface area contributed by atoms with Crippen molar-refractivity contribution in [2.24, 2.45) is 0 Å². The molecule has 8 nitrogen and oxygen atoms in total. The number of carbonyl (C=O) groups excluding carboxylic acids is 1. The van der Waals surface area contributed by atoms with E-state index in [9.17, 15) is 19.3 Å². The Labute approximate surface area is 146 Å². The molecule has 0 bridgehead atoms. The fourth-order valence-electron chi connectivity index (χ4n) is 2.23. The van der Waals surface area contributed by atoms with Gasteiger partial charge >= 0.3 is 0 Å². The van der Waals surface area contributed by atoms with Crippen LogP contribution in [-0.2, 0) is 0 Å². The summed E-state index contributed by atoms with van der Waals surface area (Å²) in [7, 11) is 0. The van der Waals surface area contributed by atoms with Crippen LogP contribution in [-0.4, -0.2) is 21.0 Å². The molecule has 1 unspecified atom stereocenters. The lowest BCUT2D eigenvalue weighted by atomic mass is 10.2. The summed E-state index contributed by atoms with van der Waals surface area (Å²) < 4.78 is 18.1. The molecule has 1 amide bonds. The van der Waals surface area contributed by atoms with Crippen LogP contribution >= 0.6 is 0 Å². The van der Waals surface area contributed by atoms with E-state index < -0.39 is 16.9 Å². The number of amides is 1. The van der Waals surface area contributed by atoms with Crippen LogP contribution in [0.1, 0.15) is 29.2 Å². The molecule has 0 aliphatic rings. The molecule has 132 valence electrons. The number of rotatable bonds is 5. The first kappa shape index (κ1) is 17.2. The average molecular weight is 356 g/mol. The van der Waals surface area contributed by atoms with Crippen LogP contribution in [0.5, 0.6) is 0 Å². The van der Waals surface area contributed by atoms with Crippen molar-refractivity contribution in [3.63, 3.8) is 0 Å². The first-order valence-corrected chi connectivity index (χ1v) is 7.59. The van der Waals surface area contributed by atoms with Gasteiger partial charge in [0, 0.05) is 23.3 Å². The zero-order valence-corrected chi connectivity index (χ0v) is 13.5. The monoisotopic (exact) mass is 356 g/mol. The lowest BCUT2D eigenvalue weighted by molar-refractivity contribution is -0.384. The lowest BCUT2D eigenvalue weighted by Crippen LogP contribution is -2.26. The highest BCUT2D eigenvalue weighted by atomic mass is 19.1. The van der Waals surface area contributed by atoms with E-state index >= 15 is 0 Å². The van der Waals surface area contributed by atoms with Crippen molar-refractivity contribution in [1.82, 2.24) is 15.5 Å². The highest BCUT2D eigenvalue weighted by Gasteiger charge is 2.19. The summed E-state index contributed by atoms with van der Waals surface area (Å²) in [5, 5.41) is 17.2. The molecular weight excluding hydrogens is 343 g/mol. The zero-order chi connectivity index (χ0) is 18.7. The van der Waals surface area contributed by atoms with E-state index in [1.54, 1.807) is 6.92 Å². The highest BCUT2D eigenvalue weighted by Crippen LogP contribution is 2.20. The van der Waals surface area contributed by atoms with Crippen LogP contribution in [0.15, 0.2) is 53.1 Å². The molecule has 2 aromatic carbocycles. The topological polar surface area (TPSA) is 111 Å². The van der Waals surface area contributed by atoms with Crippen molar-refractivity contribution in [3.05, 3.63) is 75.9 Å². The van der Waals surface area contributed by atoms with Gasteiger partial charge in [0.25, 0.3) is 11.6 Å². The molecule has 1 aromatic heterocycles. The average Bonchev–Trinajstić information content (AvgIpc) is 3.12. The highest BCUT2D eigenvalue weighted by molar-refractivity contribution is 5.95. The number of nitrogens with one attached hydrogen (secondary N) is 1. The third-order valence-electron chi connectivity index (χ3n) is 3.58.